The summed E-state index contributed by atoms with van der Waals surface area (Å²) in [7, 11) is 0. The predicted molar refractivity (Wildman–Crippen MR) is 57.0 cm³/mol. The second-order valence-corrected chi connectivity index (χ2v) is 4.57. The van der Waals surface area contributed by atoms with Crippen LogP contribution < -0.4 is 0 Å². The van der Waals surface area contributed by atoms with Gasteiger partial charge >= 0.3 is 0 Å². The lowest BCUT2D eigenvalue weighted by Crippen LogP contribution is -2.12. The zero-order valence-corrected chi connectivity index (χ0v) is 8.94. The fourth-order valence-corrected chi connectivity index (χ4v) is 1.49. The summed E-state index contributed by atoms with van der Waals surface area (Å²) in [4.78, 5) is 9.88. The average Bonchev–Trinajstić information content (AvgIpc) is 2.18. The van der Waals surface area contributed by atoms with E-state index >= 15 is 0 Å². The lowest BCUT2D eigenvalue weighted by molar-refractivity contribution is -0.384. The topological polar surface area (TPSA) is 80.4 Å². The highest BCUT2D eigenvalue weighted by molar-refractivity contribution is 7.79. The average molecular weight is 229 g/mol. The SMILES string of the molecule is CC(Cc1ccc([N+](=O)[O-])cc1)S(=O)O. The van der Waals surface area contributed by atoms with Crippen LogP contribution in [0.2, 0.25) is 0 Å². The molecule has 0 radical (unpaired) electrons. The molecule has 5 nitrogen and oxygen atoms in total. The Morgan fingerprint density at radius 3 is 2.40 bits per heavy atom. The van der Waals surface area contributed by atoms with Gasteiger partial charge in [-0.05, 0) is 18.9 Å². The van der Waals surface area contributed by atoms with Crippen molar-refractivity contribution in [3.63, 3.8) is 0 Å². The van der Waals surface area contributed by atoms with E-state index in [4.69, 9.17) is 4.55 Å². The predicted octanol–water partition coefficient (Wildman–Crippen LogP) is 1.75. The van der Waals surface area contributed by atoms with Gasteiger partial charge in [0.1, 0.15) is 0 Å². The van der Waals surface area contributed by atoms with Gasteiger partial charge in [0.25, 0.3) is 5.69 Å². The fraction of sp³-hybridized carbons (Fsp3) is 0.333. The molecule has 0 saturated carbocycles. The number of rotatable bonds is 4. The molecule has 1 N–H and O–H groups in total. The summed E-state index contributed by atoms with van der Waals surface area (Å²) in [6.07, 6.45) is 0.432. The Labute approximate surface area is 89.6 Å². The van der Waals surface area contributed by atoms with Crippen LogP contribution >= 0.6 is 0 Å². The van der Waals surface area contributed by atoms with Gasteiger partial charge in [0.15, 0.2) is 11.1 Å². The van der Waals surface area contributed by atoms with Gasteiger partial charge in [-0.1, -0.05) is 12.1 Å². The maximum atomic E-state index is 10.7. The van der Waals surface area contributed by atoms with E-state index in [9.17, 15) is 14.3 Å². The molecule has 0 aromatic heterocycles. The summed E-state index contributed by atoms with van der Waals surface area (Å²) in [5, 5.41) is 9.99. The molecule has 1 aromatic rings. The molecule has 82 valence electrons. The monoisotopic (exact) mass is 229 g/mol. The van der Waals surface area contributed by atoms with Crippen molar-refractivity contribution >= 4 is 16.8 Å². The van der Waals surface area contributed by atoms with E-state index in [1.54, 1.807) is 19.1 Å². The Kier molecular flexibility index (Phi) is 3.93. The first-order chi connectivity index (χ1) is 7.00. The van der Waals surface area contributed by atoms with E-state index in [2.05, 4.69) is 0 Å². The van der Waals surface area contributed by atoms with Gasteiger partial charge in [0, 0.05) is 12.1 Å². The molecule has 0 fully saturated rings. The molecule has 6 heteroatoms. The third-order valence-corrected chi connectivity index (χ3v) is 2.87. The summed E-state index contributed by atoms with van der Waals surface area (Å²) < 4.78 is 19.5. The van der Waals surface area contributed by atoms with Crippen molar-refractivity contribution in [3.05, 3.63) is 39.9 Å². The molecule has 1 aromatic carbocycles. The Hall–Kier alpha value is -1.27. The minimum atomic E-state index is -1.86. The standard InChI is InChI=1S/C9H11NO4S/c1-7(15(13)14)6-8-2-4-9(5-3-8)10(11)12/h2-5,7H,6H2,1H3,(H,13,14). The van der Waals surface area contributed by atoms with Crippen molar-refractivity contribution in [3.8, 4) is 0 Å². The van der Waals surface area contributed by atoms with Crippen molar-refractivity contribution in [1.29, 1.82) is 0 Å². The third kappa shape index (κ3) is 3.41. The smallest absolute Gasteiger partial charge is 0.269 e. The Morgan fingerprint density at radius 2 is 2.00 bits per heavy atom. The summed E-state index contributed by atoms with van der Waals surface area (Å²) in [5.74, 6) is 0. The fourth-order valence-electron chi connectivity index (χ4n) is 1.16. The number of benzene rings is 1. The highest BCUT2D eigenvalue weighted by atomic mass is 32.2. The van der Waals surface area contributed by atoms with Gasteiger partial charge in [-0.15, -0.1) is 0 Å². The molecule has 0 aliphatic heterocycles. The largest absolute Gasteiger partial charge is 0.306 e. The van der Waals surface area contributed by atoms with Crippen LogP contribution in [0.4, 0.5) is 5.69 Å². The lowest BCUT2D eigenvalue weighted by atomic mass is 10.1. The zero-order chi connectivity index (χ0) is 11.4. The van der Waals surface area contributed by atoms with Crippen molar-refractivity contribution in [2.24, 2.45) is 0 Å². The highest BCUT2D eigenvalue weighted by Crippen LogP contribution is 2.14. The molecule has 0 spiro atoms. The molecule has 2 unspecified atom stereocenters. The minimum Gasteiger partial charge on any atom is -0.306 e. The molecule has 0 saturated heterocycles. The van der Waals surface area contributed by atoms with E-state index in [1.807, 2.05) is 0 Å². The van der Waals surface area contributed by atoms with Crippen LogP contribution in [0, 0.1) is 10.1 Å². The first-order valence-corrected chi connectivity index (χ1v) is 5.50. The summed E-state index contributed by atoms with van der Waals surface area (Å²) in [6, 6.07) is 5.98. The normalized spacial score (nSPS) is 14.5. The van der Waals surface area contributed by atoms with Gasteiger partial charge in [-0.3, -0.25) is 10.1 Å². The van der Waals surface area contributed by atoms with Crippen LogP contribution in [0.15, 0.2) is 24.3 Å². The van der Waals surface area contributed by atoms with E-state index in [0.29, 0.717) is 6.42 Å². The van der Waals surface area contributed by atoms with Crippen molar-refractivity contribution in [1.82, 2.24) is 0 Å². The molecule has 2 atom stereocenters. The minimum absolute atomic E-state index is 0.0246. The third-order valence-electron chi connectivity index (χ3n) is 2.01. The molecular formula is C9H11NO4S. The number of non-ortho nitro benzene ring substituents is 1. The first-order valence-electron chi connectivity index (χ1n) is 4.33. The molecule has 0 aliphatic carbocycles. The molecule has 15 heavy (non-hydrogen) atoms. The van der Waals surface area contributed by atoms with Gasteiger partial charge in [-0.25, -0.2) is 4.21 Å². The Bertz CT molecular complexity index is 376. The molecule has 0 amide bonds. The molecular weight excluding hydrogens is 218 g/mol. The molecule has 0 aliphatic rings. The number of hydrogen-bond acceptors (Lipinski definition) is 3. The summed E-state index contributed by atoms with van der Waals surface area (Å²) in [5.41, 5.74) is 0.840. The van der Waals surface area contributed by atoms with Gasteiger partial charge in [-0.2, -0.15) is 0 Å². The quantitative estimate of drug-likeness (QED) is 0.484. The van der Waals surface area contributed by atoms with E-state index in [-0.39, 0.29) is 10.9 Å². The van der Waals surface area contributed by atoms with Crippen LogP contribution in [-0.2, 0) is 17.5 Å². The van der Waals surface area contributed by atoms with Crippen molar-refractivity contribution < 1.29 is 13.7 Å². The second kappa shape index (κ2) is 4.99. The van der Waals surface area contributed by atoms with Crippen molar-refractivity contribution in [2.45, 2.75) is 18.6 Å². The molecule has 0 heterocycles. The van der Waals surface area contributed by atoms with Gasteiger partial charge in [0.2, 0.25) is 0 Å². The van der Waals surface area contributed by atoms with E-state index < -0.39 is 16.0 Å². The van der Waals surface area contributed by atoms with Crippen molar-refractivity contribution in [2.75, 3.05) is 0 Å². The van der Waals surface area contributed by atoms with E-state index in [0.717, 1.165) is 5.56 Å². The summed E-state index contributed by atoms with van der Waals surface area (Å²) in [6.45, 7) is 1.65. The zero-order valence-electron chi connectivity index (χ0n) is 8.12. The Morgan fingerprint density at radius 1 is 1.47 bits per heavy atom. The summed E-state index contributed by atoms with van der Waals surface area (Å²) >= 11 is -1.86. The highest BCUT2D eigenvalue weighted by Gasteiger charge is 2.10. The van der Waals surface area contributed by atoms with Crippen LogP contribution in [-0.4, -0.2) is 18.9 Å². The maximum Gasteiger partial charge on any atom is 0.269 e. The lowest BCUT2D eigenvalue weighted by Gasteiger charge is -2.05. The van der Waals surface area contributed by atoms with Gasteiger partial charge < -0.3 is 4.55 Å². The number of nitro groups is 1. The second-order valence-electron chi connectivity index (χ2n) is 3.21. The molecule has 0 bridgehead atoms. The maximum absolute atomic E-state index is 10.7. The van der Waals surface area contributed by atoms with E-state index in [1.165, 1.54) is 12.1 Å². The van der Waals surface area contributed by atoms with Crippen LogP contribution in [0.1, 0.15) is 12.5 Å². The first kappa shape index (κ1) is 11.8. The van der Waals surface area contributed by atoms with Crippen LogP contribution in [0.5, 0.6) is 0 Å². The number of nitrogens with zero attached hydrogens (tertiary/aromatic N) is 1. The van der Waals surface area contributed by atoms with Crippen LogP contribution in [0.25, 0.3) is 0 Å². The number of nitro benzene ring substituents is 1. The molecule has 1 rings (SSSR count). The van der Waals surface area contributed by atoms with Crippen LogP contribution in [0.3, 0.4) is 0 Å². The van der Waals surface area contributed by atoms with Gasteiger partial charge in [0.05, 0.1) is 10.2 Å². The Balaban J connectivity index is 2.72. The number of hydrogen-bond donors (Lipinski definition) is 1.